The van der Waals surface area contributed by atoms with E-state index in [1.54, 1.807) is 25.1 Å². The topological polar surface area (TPSA) is 90.9 Å². The van der Waals surface area contributed by atoms with Crippen LogP contribution in [0.25, 0.3) is 0 Å². The van der Waals surface area contributed by atoms with Crippen molar-refractivity contribution < 1.29 is 58.8 Å². The summed E-state index contributed by atoms with van der Waals surface area (Å²) in [5.74, 6) is -1.06. The Morgan fingerprint density at radius 3 is 2.78 bits per heavy atom. The average molecular weight is 325 g/mol. The third-order valence-electron chi connectivity index (χ3n) is 3.61. The van der Waals surface area contributed by atoms with Gasteiger partial charge < -0.3 is 24.4 Å². The Bertz CT molecular complexity index is 679. The molecule has 2 aliphatic rings. The van der Waals surface area contributed by atoms with Crippen LogP contribution in [0.5, 0.6) is 11.5 Å². The number of rotatable bonds is 3. The van der Waals surface area contributed by atoms with E-state index in [-0.39, 0.29) is 60.7 Å². The van der Waals surface area contributed by atoms with Crippen LogP contribution in [-0.2, 0) is 9.53 Å². The molecule has 23 heavy (non-hydrogen) atoms. The van der Waals surface area contributed by atoms with E-state index in [1.165, 1.54) is 0 Å². The van der Waals surface area contributed by atoms with Gasteiger partial charge in [-0.3, -0.25) is 0 Å². The van der Waals surface area contributed by atoms with Crippen molar-refractivity contribution in [3.05, 3.63) is 46.9 Å². The monoisotopic (exact) mass is 325 g/mol. The van der Waals surface area contributed by atoms with Crippen molar-refractivity contribution in [3.63, 3.8) is 0 Å². The number of carbonyl (C=O) groups excluding carboxylic acids is 1. The largest absolute Gasteiger partial charge is 1.00 e. The predicted octanol–water partition coefficient (Wildman–Crippen LogP) is -2.67. The van der Waals surface area contributed by atoms with E-state index in [0.717, 1.165) is 6.08 Å². The Kier molecular flexibility index (Phi) is 5.62. The Balaban J connectivity index is 0.00000192. The molecular formula is C16H14NaO6-. The first-order valence-corrected chi connectivity index (χ1v) is 6.95. The maximum atomic E-state index is 12.1. The molecular weight excluding hydrogens is 311 g/mol. The van der Waals surface area contributed by atoms with Crippen LogP contribution < -0.4 is 49.2 Å². The molecule has 1 heterocycles. The van der Waals surface area contributed by atoms with E-state index in [9.17, 15) is 15.0 Å². The van der Waals surface area contributed by atoms with Crippen molar-refractivity contribution in [3.8, 4) is 11.5 Å². The Morgan fingerprint density at radius 2 is 2.04 bits per heavy atom. The number of esters is 1. The van der Waals surface area contributed by atoms with E-state index >= 15 is 0 Å². The standard InChI is InChI=1S/C16H16O6.Na/c1-2-20-16(19)15-11(6-10(17)7-12(15)18)9-3-4-13-14(5-9)22-8-21-13;/h3-5,7,11,17-18H,2,6,8H2,1H3;/q;+1/p-2. The fourth-order valence-corrected chi connectivity index (χ4v) is 2.62. The van der Waals surface area contributed by atoms with Crippen LogP contribution >= 0.6 is 0 Å². The first kappa shape index (κ1) is 17.7. The number of fused-ring (bicyclic) bond motifs is 1. The van der Waals surface area contributed by atoms with E-state index in [2.05, 4.69) is 0 Å². The van der Waals surface area contributed by atoms with Crippen molar-refractivity contribution in [2.75, 3.05) is 13.4 Å². The van der Waals surface area contributed by atoms with Gasteiger partial charge in [-0.1, -0.05) is 17.9 Å². The molecule has 116 valence electrons. The fraction of sp³-hybridized carbons (Fsp3) is 0.312. The summed E-state index contributed by atoms with van der Waals surface area (Å²) in [5, 5.41) is 23.8. The molecule has 0 fully saturated rings. The molecule has 6 nitrogen and oxygen atoms in total. The van der Waals surface area contributed by atoms with Gasteiger partial charge in [0.15, 0.2) is 11.5 Å². The van der Waals surface area contributed by atoms with Gasteiger partial charge in [-0.05, 0) is 31.0 Å². The van der Waals surface area contributed by atoms with Gasteiger partial charge in [0.25, 0.3) is 0 Å². The van der Waals surface area contributed by atoms with Crippen LogP contribution in [0, 0.1) is 0 Å². The van der Waals surface area contributed by atoms with E-state index in [4.69, 9.17) is 14.2 Å². The molecule has 0 saturated carbocycles. The van der Waals surface area contributed by atoms with E-state index < -0.39 is 17.6 Å². The summed E-state index contributed by atoms with van der Waals surface area (Å²) in [6.07, 6.45) is 1.01. The molecule has 1 aromatic rings. The van der Waals surface area contributed by atoms with Gasteiger partial charge in [0, 0.05) is 11.5 Å². The smallest absolute Gasteiger partial charge is 0.875 e. The molecule has 0 saturated heterocycles. The van der Waals surface area contributed by atoms with Crippen molar-refractivity contribution in [1.29, 1.82) is 0 Å². The number of hydrogen-bond acceptors (Lipinski definition) is 6. The zero-order valence-corrected chi connectivity index (χ0v) is 15.0. The van der Waals surface area contributed by atoms with Crippen LogP contribution in [0.4, 0.5) is 0 Å². The Hall–Kier alpha value is -1.63. The number of allylic oxidation sites excluding steroid dienone is 2. The summed E-state index contributed by atoms with van der Waals surface area (Å²) in [5.41, 5.74) is 0.641. The summed E-state index contributed by atoms with van der Waals surface area (Å²) in [4.78, 5) is 12.1. The molecule has 1 aliphatic heterocycles. The van der Waals surface area contributed by atoms with Crippen molar-refractivity contribution in [1.82, 2.24) is 0 Å². The molecule has 1 atom stereocenters. The second kappa shape index (κ2) is 7.29. The summed E-state index contributed by atoms with van der Waals surface area (Å²) in [6.45, 7) is 1.96. The van der Waals surface area contributed by atoms with Crippen LogP contribution in [0.2, 0.25) is 0 Å². The molecule has 0 spiro atoms. The van der Waals surface area contributed by atoms with Crippen LogP contribution in [0.3, 0.4) is 0 Å². The minimum absolute atomic E-state index is 0. The predicted molar refractivity (Wildman–Crippen MR) is 71.7 cm³/mol. The van der Waals surface area contributed by atoms with Crippen molar-refractivity contribution in [2.45, 2.75) is 19.3 Å². The van der Waals surface area contributed by atoms with Crippen LogP contribution in [-0.4, -0.2) is 19.4 Å². The van der Waals surface area contributed by atoms with E-state index in [0.29, 0.717) is 17.1 Å². The molecule has 0 amide bonds. The maximum Gasteiger partial charge on any atom is 1.00 e. The zero-order valence-electron chi connectivity index (χ0n) is 13.0. The molecule has 1 aliphatic carbocycles. The molecule has 0 N–H and O–H groups in total. The third kappa shape index (κ3) is 3.49. The fourth-order valence-electron chi connectivity index (χ4n) is 2.62. The second-order valence-electron chi connectivity index (χ2n) is 4.98. The van der Waals surface area contributed by atoms with Gasteiger partial charge in [0.05, 0.1) is 6.61 Å². The van der Waals surface area contributed by atoms with Gasteiger partial charge in [0.2, 0.25) is 6.79 Å². The summed E-state index contributed by atoms with van der Waals surface area (Å²) in [7, 11) is 0. The minimum atomic E-state index is -0.682. The second-order valence-corrected chi connectivity index (χ2v) is 4.98. The van der Waals surface area contributed by atoms with E-state index in [1.807, 2.05) is 0 Å². The molecule has 0 bridgehead atoms. The number of carbonyl (C=O) groups is 1. The summed E-state index contributed by atoms with van der Waals surface area (Å²) in [6, 6.07) is 5.12. The zero-order chi connectivity index (χ0) is 15.7. The average Bonchev–Trinajstić information content (AvgIpc) is 2.93. The minimum Gasteiger partial charge on any atom is -0.875 e. The van der Waals surface area contributed by atoms with Gasteiger partial charge in [0.1, 0.15) is 0 Å². The molecule has 7 heteroatoms. The third-order valence-corrected chi connectivity index (χ3v) is 3.61. The number of benzene rings is 1. The number of hydrogen-bond donors (Lipinski definition) is 0. The van der Waals surface area contributed by atoms with Crippen molar-refractivity contribution in [2.24, 2.45) is 0 Å². The van der Waals surface area contributed by atoms with Gasteiger partial charge in [-0.15, -0.1) is 5.76 Å². The number of ether oxygens (including phenoxy) is 3. The van der Waals surface area contributed by atoms with Crippen LogP contribution in [0.1, 0.15) is 24.8 Å². The van der Waals surface area contributed by atoms with Gasteiger partial charge in [-0.2, -0.15) is 0 Å². The molecule has 3 rings (SSSR count). The van der Waals surface area contributed by atoms with Gasteiger partial charge in [-0.25, -0.2) is 4.79 Å². The molecule has 1 aromatic carbocycles. The van der Waals surface area contributed by atoms with Crippen LogP contribution in [0.15, 0.2) is 41.4 Å². The SMILES string of the molecule is CCOC(=O)C1=C([O-])C=C([O-])CC1c1ccc2c(c1)OCO2.[Na+]. The molecule has 1 unspecified atom stereocenters. The quantitative estimate of drug-likeness (QED) is 0.445. The first-order chi connectivity index (χ1) is 10.6. The Morgan fingerprint density at radius 1 is 1.30 bits per heavy atom. The molecule has 0 aromatic heterocycles. The first-order valence-electron chi connectivity index (χ1n) is 6.95. The normalized spacial score (nSPS) is 19.0. The summed E-state index contributed by atoms with van der Waals surface area (Å²) < 4.78 is 15.5. The maximum absolute atomic E-state index is 12.1. The van der Waals surface area contributed by atoms with Gasteiger partial charge >= 0.3 is 35.5 Å². The van der Waals surface area contributed by atoms with Crippen molar-refractivity contribution >= 4 is 5.97 Å². The Labute approximate surface area is 155 Å². The summed E-state index contributed by atoms with van der Waals surface area (Å²) >= 11 is 0. The molecule has 0 radical (unpaired) electrons.